The second-order valence-corrected chi connectivity index (χ2v) is 6.13. The van der Waals surface area contributed by atoms with Crippen molar-refractivity contribution in [3.8, 4) is 0 Å². The van der Waals surface area contributed by atoms with E-state index in [-0.39, 0.29) is 18.7 Å². The first-order valence-corrected chi connectivity index (χ1v) is 7.89. The Balaban J connectivity index is 2.22. The smallest absolute Gasteiger partial charge is 0.0514 e. The lowest BCUT2D eigenvalue weighted by Crippen LogP contribution is -2.42. The summed E-state index contributed by atoms with van der Waals surface area (Å²) in [6.45, 7) is 3.38. The van der Waals surface area contributed by atoms with Crippen molar-refractivity contribution in [2.75, 3.05) is 13.2 Å². The number of likely N-dealkylation sites (tertiary alicyclic amines) is 1. The number of rotatable bonds is 6. The number of aliphatic hydroxyl groups is 1. The van der Waals surface area contributed by atoms with Crippen LogP contribution in [0.3, 0.4) is 0 Å². The SMILES string of the molecule is CC(N)C(c1ccccc1Cl)N1CCCC1CCCO. The molecule has 20 heavy (non-hydrogen) atoms. The molecule has 4 heteroatoms. The van der Waals surface area contributed by atoms with Crippen molar-refractivity contribution in [2.45, 2.75) is 50.7 Å². The highest BCUT2D eigenvalue weighted by Crippen LogP contribution is 2.36. The summed E-state index contributed by atoms with van der Waals surface area (Å²) >= 11 is 6.37. The second kappa shape index (κ2) is 7.41. The highest BCUT2D eigenvalue weighted by atomic mass is 35.5. The molecule has 1 aliphatic heterocycles. The second-order valence-electron chi connectivity index (χ2n) is 5.73. The van der Waals surface area contributed by atoms with Crippen molar-refractivity contribution in [1.29, 1.82) is 0 Å². The van der Waals surface area contributed by atoms with Crippen LogP contribution in [0, 0.1) is 0 Å². The summed E-state index contributed by atoms with van der Waals surface area (Å²) < 4.78 is 0. The molecule has 0 aromatic heterocycles. The average Bonchev–Trinajstić information content (AvgIpc) is 2.87. The first-order valence-electron chi connectivity index (χ1n) is 7.51. The number of halogens is 1. The van der Waals surface area contributed by atoms with Gasteiger partial charge in [-0.05, 0) is 50.8 Å². The number of hydrogen-bond donors (Lipinski definition) is 2. The van der Waals surface area contributed by atoms with Crippen LogP contribution in [-0.2, 0) is 0 Å². The zero-order chi connectivity index (χ0) is 14.5. The molecule has 0 saturated carbocycles. The highest BCUT2D eigenvalue weighted by Gasteiger charge is 2.33. The van der Waals surface area contributed by atoms with Crippen LogP contribution in [0.25, 0.3) is 0 Å². The standard InChI is InChI=1S/C16H25ClN2O/c1-12(18)16(14-8-2-3-9-15(14)17)19-10-4-6-13(19)7-5-11-20/h2-3,8-9,12-13,16,20H,4-7,10-11,18H2,1H3. The first-order chi connectivity index (χ1) is 9.65. The Hall–Kier alpha value is -0.610. The van der Waals surface area contributed by atoms with Crippen LogP contribution < -0.4 is 5.73 Å². The maximum atomic E-state index is 9.06. The van der Waals surface area contributed by atoms with Crippen molar-refractivity contribution in [1.82, 2.24) is 4.90 Å². The fraction of sp³-hybridized carbons (Fsp3) is 0.625. The monoisotopic (exact) mass is 296 g/mol. The van der Waals surface area contributed by atoms with Gasteiger partial charge in [0.2, 0.25) is 0 Å². The van der Waals surface area contributed by atoms with Gasteiger partial charge in [-0.2, -0.15) is 0 Å². The number of benzene rings is 1. The summed E-state index contributed by atoms with van der Waals surface area (Å²) in [4.78, 5) is 2.49. The Kier molecular flexibility index (Phi) is 5.85. The summed E-state index contributed by atoms with van der Waals surface area (Å²) in [5, 5.41) is 9.85. The van der Waals surface area contributed by atoms with E-state index in [0.717, 1.165) is 30.0 Å². The molecule has 0 amide bonds. The lowest BCUT2D eigenvalue weighted by molar-refractivity contribution is 0.145. The van der Waals surface area contributed by atoms with Crippen molar-refractivity contribution in [2.24, 2.45) is 5.73 Å². The summed E-state index contributed by atoms with van der Waals surface area (Å²) in [5.41, 5.74) is 7.38. The van der Waals surface area contributed by atoms with Gasteiger partial charge in [-0.1, -0.05) is 29.8 Å². The molecule has 0 radical (unpaired) electrons. The van der Waals surface area contributed by atoms with Crippen molar-refractivity contribution in [3.05, 3.63) is 34.9 Å². The van der Waals surface area contributed by atoms with Crippen molar-refractivity contribution >= 4 is 11.6 Å². The van der Waals surface area contributed by atoms with Gasteiger partial charge in [0.05, 0.1) is 6.04 Å². The van der Waals surface area contributed by atoms with Gasteiger partial charge < -0.3 is 10.8 Å². The number of nitrogens with two attached hydrogens (primary N) is 1. The molecule has 1 aliphatic rings. The van der Waals surface area contributed by atoms with Gasteiger partial charge in [-0.25, -0.2) is 0 Å². The molecule has 1 fully saturated rings. The lowest BCUT2D eigenvalue weighted by Gasteiger charge is -2.36. The van der Waals surface area contributed by atoms with Crippen molar-refractivity contribution in [3.63, 3.8) is 0 Å². The van der Waals surface area contributed by atoms with Crippen LogP contribution in [0.15, 0.2) is 24.3 Å². The maximum absolute atomic E-state index is 9.06. The van der Waals surface area contributed by atoms with Crippen LogP contribution in [0.4, 0.5) is 0 Å². The van der Waals surface area contributed by atoms with Crippen LogP contribution in [0.1, 0.15) is 44.2 Å². The molecule has 3 N–H and O–H groups in total. The molecule has 0 aliphatic carbocycles. The third-order valence-corrected chi connectivity index (χ3v) is 4.54. The van der Waals surface area contributed by atoms with Crippen LogP contribution >= 0.6 is 11.6 Å². The lowest BCUT2D eigenvalue weighted by atomic mass is 9.97. The third-order valence-electron chi connectivity index (χ3n) is 4.20. The zero-order valence-corrected chi connectivity index (χ0v) is 12.9. The topological polar surface area (TPSA) is 49.5 Å². The Morgan fingerprint density at radius 2 is 2.20 bits per heavy atom. The van der Waals surface area contributed by atoms with Gasteiger partial charge in [0.15, 0.2) is 0 Å². The minimum Gasteiger partial charge on any atom is -0.396 e. The van der Waals surface area contributed by atoms with Crippen LogP contribution in [0.2, 0.25) is 5.02 Å². The number of nitrogens with zero attached hydrogens (tertiary/aromatic N) is 1. The van der Waals surface area contributed by atoms with E-state index >= 15 is 0 Å². The molecule has 3 atom stereocenters. The van der Waals surface area contributed by atoms with Gasteiger partial charge in [-0.15, -0.1) is 0 Å². The third kappa shape index (κ3) is 3.53. The summed E-state index contributed by atoms with van der Waals surface area (Å²) in [7, 11) is 0. The largest absolute Gasteiger partial charge is 0.396 e. The van der Waals surface area contributed by atoms with E-state index in [1.807, 2.05) is 18.2 Å². The van der Waals surface area contributed by atoms with E-state index < -0.39 is 0 Å². The van der Waals surface area contributed by atoms with E-state index in [2.05, 4.69) is 17.9 Å². The van der Waals surface area contributed by atoms with Crippen molar-refractivity contribution < 1.29 is 5.11 Å². The molecule has 0 bridgehead atoms. The molecule has 0 spiro atoms. The molecule has 1 aromatic carbocycles. The Morgan fingerprint density at radius 3 is 2.85 bits per heavy atom. The van der Waals surface area contributed by atoms with E-state index in [1.165, 1.54) is 12.8 Å². The van der Waals surface area contributed by atoms with E-state index in [0.29, 0.717) is 6.04 Å². The molecule has 1 heterocycles. The Bertz CT molecular complexity index is 425. The quantitative estimate of drug-likeness (QED) is 0.848. The Labute approximate surface area is 126 Å². The van der Waals surface area contributed by atoms with Gasteiger partial charge in [0.25, 0.3) is 0 Å². The van der Waals surface area contributed by atoms with E-state index in [9.17, 15) is 0 Å². The molecule has 1 saturated heterocycles. The van der Waals surface area contributed by atoms with Crippen LogP contribution in [0.5, 0.6) is 0 Å². The predicted octanol–water partition coefficient (Wildman–Crippen LogP) is 2.97. The molecule has 2 rings (SSSR count). The fourth-order valence-electron chi connectivity index (χ4n) is 3.34. The summed E-state index contributed by atoms with van der Waals surface area (Å²) in [6, 6.07) is 8.70. The zero-order valence-electron chi connectivity index (χ0n) is 12.1. The Morgan fingerprint density at radius 1 is 1.45 bits per heavy atom. The predicted molar refractivity (Wildman–Crippen MR) is 83.9 cm³/mol. The molecular formula is C16H25ClN2O. The number of aliphatic hydroxyl groups excluding tert-OH is 1. The fourth-order valence-corrected chi connectivity index (χ4v) is 3.59. The van der Waals surface area contributed by atoms with Crippen LogP contribution in [-0.4, -0.2) is 35.2 Å². The summed E-state index contributed by atoms with van der Waals surface area (Å²) in [5.74, 6) is 0. The number of hydrogen-bond acceptors (Lipinski definition) is 3. The molecule has 3 unspecified atom stereocenters. The van der Waals surface area contributed by atoms with Gasteiger partial charge >= 0.3 is 0 Å². The maximum Gasteiger partial charge on any atom is 0.0514 e. The van der Waals surface area contributed by atoms with Gasteiger partial charge in [0, 0.05) is 23.7 Å². The normalized spacial score (nSPS) is 22.9. The first kappa shape index (κ1) is 15.8. The minimum atomic E-state index is 0.0321. The van der Waals surface area contributed by atoms with Gasteiger partial charge in [0.1, 0.15) is 0 Å². The van der Waals surface area contributed by atoms with E-state index in [4.69, 9.17) is 22.4 Å². The summed E-state index contributed by atoms with van der Waals surface area (Å²) in [6.07, 6.45) is 4.27. The molecule has 112 valence electrons. The van der Waals surface area contributed by atoms with Gasteiger partial charge in [-0.3, -0.25) is 4.90 Å². The molecular weight excluding hydrogens is 272 g/mol. The minimum absolute atomic E-state index is 0.0321. The van der Waals surface area contributed by atoms with E-state index in [1.54, 1.807) is 0 Å². The molecule has 1 aromatic rings. The highest BCUT2D eigenvalue weighted by molar-refractivity contribution is 6.31. The molecule has 3 nitrogen and oxygen atoms in total. The average molecular weight is 297 g/mol.